The molecule has 3 aromatic carbocycles. The van der Waals surface area contributed by atoms with Gasteiger partial charge in [-0.05, 0) is 42.0 Å². The van der Waals surface area contributed by atoms with Gasteiger partial charge in [0, 0.05) is 11.4 Å². The lowest BCUT2D eigenvalue weighted by Crippen LogP contribution is -2.34. The normalized spacial score (nSPS) is 9.97. The lowest BCUT2D eigenvalue weighted by atomic mass is 10.2. The minimum atomic E-state index is -0.652. The van der Waals surface area contributed by atoms with Crippen LogP contribution in [-0.4, -0.2) is 24.4 Å². The van der Waals surface area contributed by atoms with Crippen LogP contribution in [0.4, 0.5) is 11.4 Å². The first-order valence-electron chi connectivity index (χ1n) is 9.90. The summed E-state index contributed by atoms with van der Waals surface area (Å²) in [6.45, 7) is -0.0699. The molecule has 0 unspecified atom stereocenters. The molecule has 1 N–H and O–H groups in total. The summed E-state index contributed by atoms with van der Waals surface area (Å²) in [6, 6.07) is 26.5. The molecule has 0 bridgehead atoms. The molecule has 0 aliphatic heterocycles. The number of amides is 2. The van der Waals surface area contributed by atoms with E-state index in [-0.39, 0.29) is 17.9 Å². The zero-order valence-electron chi connectivity index (χ0n) is 17.2. The first-order chi connectivity index (χ1) is 15.6. The zero-order valence-corrected chi connectivity index (χ0v) is 17.2. The van der Waals surface area contributed by atoms with Crippen molar-refractivity contribution in [2.75, 3.05) is 16.8 Å². The van der Waals surface area contributed by atoms with Gasteiger partial charge in [0.2, 0.25) is 5.91 Å². The number of rotatable bonds is 8. The number of nitrogens with zero attached hydrogens (tertiary/aromatic N) is 2. The van der Waals surface area contributed by atoms with Crippen LogP contribution in [0.15, 0.2) is 84.9 Å². The minimum absolute atomic E-state index is 0.241. The lowest BCUT2D eigenvalue weighted by molar-refractivity contribution is -0.121. The van der Waals surface area contributed by atoms with Crippen LogP contribution in [0.2, 0.25) is 0 Å². The summed E-state index contributed by atoms with van der Waals surface area (Å²) in [7, 11) is 0. The van der Waals surface area contributed by atoms with Gasteiger partial charge in [-0.25, -0.2) is 4.79 Å². The van der Waals surface area contributed by atoms with Crippen molar-refractivity contribution in [3.8, 4) is 6.07 Å². The van der Waals surface area contributed by atoms with Crippen molar-refractivity contribution in [2.24, 2.45) is 0 Å². The Morgan fingerprint density at radius 1 is 0.875 bits per heavy atom. The van der Waals surface area contributed by atoms with Crippen LogP contribution in [0.5, 0.6) is 0 Å². The quantitative estimate of drug-likeness (QED) is 0.549. The average Bonchev–Trinajstić information content (AvgIpc) is 2.82. The van der Waals surface area contributed by atoms with Crippen LogP contribution in [0, 0.1) is 11.3 Å². The Morgan fingerprint density at radius 3 is 2.12 bits per heavy atom. The van der Waals surface area contributed by atoms with E-state index >= 15 is 0 Å². The highest BCUT2D eigenvalue weighted by Gasteiger charge is 2.19. The summed E-state index contributed by atoms with van der Waals surface area (Å²) < 4.78 is 5.23. The first-order valence-corrected chi connectivity index (χ1v) is 9.90. The minimum Gasteiger partial charge on any atom is -0.452 e. The maximum atomic E-state index is 12.9. The van der Waals surface area contributed by atoms with Crippen molar-refractivity contribution >= 4 is 29.2 Å². The van der Waals surface area contributed by atoms with Gasteiger partial charge >= 0.3 is 5.97 Å². The van der Waals surface area contributed by atoms with E-state index < -0.39 is 18.5 Å². The summed E-state index contributed by atoms with van der Waals surface area (Å²) in [5.74, 6) is -1.44. The molecule has 160 valence electrons. The molecular formula is C25H21N3O4. The molecule has 0 heterocycles. The molecule has 0 spiro atoms. The van der Waals surface area contributed by atoms with Crippen LogP contribution in [0.1, 0.15) is 22.3 Å². The van der Waals surface area contributed by atoms with Crippen LogP contribution >= 0.6 is 0 Å². The Morgan fingerprint density at radius 2 is 1.50 bits per heavy atom. The van der Waals surface area contributed by atoms with Crippen LogP contribution in [0.3, 0.4) is 0 Å². The van der Waals surface area contributed by atoms with Gasteiger partial charge in [0.05, 0.1) is 18.2 Å². The van der Waals surface area contributed by atoms with Gasteiger partial charge in [0.15, 0.2) is 6.61 Å². The van der Waals surface area contributed by atoms with Crippen LogP contribution in [-0.2, 0) is 20.9 Å². The van der Waals surface area contributed by atoms with E-state index in [1.165, 1.54) is 24.3 Å². The molecule has 0 aliphatic carbocycles. The zero-order chi connectivity index (χ0) is 22.8. The Hall–Kier alpha value is -4.44. The number of carbonyl (C=O) groups excluding carboxylic acids is 3. The van der Waals surface area contributed by atoms with Crippen molar-refractivity contribution in [3.63, 3.8) is 0 Å². The van der Waals surface area contributed by atoms with E-state index in [0.717, 1.165) is 5.56 Å². The highest BCUT2D eigenvalue weighted by Crippen LogP contribution is 2.18. The Kier molecular flexibility index (Phi) is 7.71. The fraction of sp³-hybridized carbons (Fsp3) is 0.120. The third-order valence-electron chi connectivity index (χ3n) is 4.52. The molecule has 0 aromatic heterocycles. The number of esters is 1. The summed E-state index contributed by atoms with van der Waals surface area (Å²) in [5, 5.41) is 11.1. The van der Waals surface area contributed by atoms with E-state index in [4.69, 9.17) is 10.00 Å². The SMILES string of the molecule is N#CCC(=O)Nc1ccc(C(=O)OCC(=O)N(Cc2ccccc2)c2ccccc2)cc1. The van der Waals surface area contributed by atoms with E-state index in [1.807, 2.05) is 60.7 Å². The average molecular weight is 427 g/mol. The smallest absolute Gasteiger partial charge is 0.338 e. The van der Waals surface area contributed by atoms with Gasteiger partial charge in [-0.3, -0.25) is 9.59 Å². The largest absolute Gasteiger partial charge is 0.452 e. The van der Waals surface area contributed by atoms with Gasteiger partial charge in [-0.15, -0.1) is 0 Å². The fourth-order valence-electron chi connectivity index (χ4n) is 2.95. The predicted molar refractivity (Wildman–Crippen MR) is 120 cm³/mol. The first kappa shape index (κ1) is 22.2. The Labute approximate surface area is 185 Å². The fourth-order valence-corrected chi connectivity index (χ4v) is 2.95. The molecule has 7 heteroatoms. The number of nitriles is 1. The van der Waals surface area contributed by atoms with Gasteiger partial charge in [0.25, 0.3) is 5.91 Å². The maximum absolute atomic E-state index is 12.9. The number of benzene rings is 3. The number of hydrogen-bond acceptors (Lipinski definition) is 5. The van der Waals surface area contributed by atoms with E-state index in [2.05, 4.69) is 5.32 Å². The maximum Gasteiger partial charge on any atom is 0.338 e. The number of carbonyl (C=O) groups is 3. The summed E-state index contributed by atoms with van der Waals surface area (Å²) in [4.78, 5) is 38.3. The molecular weight excluding hydrogens is 406 g/mol. The molecule has 0 saturated heterocycles. The number of para-hydroxylation sites is 1. The van der Waals surface area contributed by atoms with Gasteiger partial charge in [-0.2, -0.15) is 5.26 Å². The predicted octanol–water partition coefficient (Wildman–Crippen LogP) is 3.93. The van der Waals surface area contributed by atoms with E-state index in [9.17, 15) is 14.4 Å². The number of hydrogen-bond donors (Lipinski definition) is 1. The lowest BCUT2D eigenvalue weighted by Gasteiger charge is -2.23. The van der Waals surface area contributed by atoms with Gasteiger partial charge in [-0.1, -0.05) is 48.5 Å². The highest BCUT2D eigenvalue weighted by atomic mass is 16.5. The summed E-state index contributed by atoms with van der Waals surface area (Å²) in [5.41, 5.74) is 2.35. The molecule has 0 radical (unpaired) electrons. The van der Waals surface area contributed by atoms with Crippen molar-refractivity contribution in [3.05, 3.63) is 96.1 Å². The molecule has 0 fully saturated rings. The Balaban J connectivity index is 1.63. The monoisotopic (exact) mass is 427 g/mol. The van der Waals surface area contributed by atoms with Gasteiger partial charge < -0.3 is 15.0 Å². The number of anilines is 2. The van der Waals surface area contributed by atoms with Crippen LogP contribution in [0.25, 0.3) is 0 Å². The summed E-state index contributed by atoms with van der Waals surface area (Å²) >= 11 is 0. The van der Waals surface area contributed by atoms with Crippen molar-refractivity contribution < 1.29 is 19.1 Å². The molecule has 0 atom stereocenters. The second-order valence-corrected chi connectivity index (χ2v) is 6.84. The molecule has 2 amide bonds. The summed E-state index contributed by atoms with van der Waals surface area (Å²) in [6.07, 6.45) is -0.257. The molecule has 3 rings (SSSR count). The molecule has 32 heavy (non-hydrogen) atoms. The van der Waals surface area contributed by atoms with E-state index in [0.29, 0.717) is 17.9 Å². The van der Waals surface area contributed by atoms with Crippen LogP contribution < -0.4 is 10.2 Å². The van der Waals surface area contributed by atoms with Crippen molar-refractivity contribution in [2.45, 2.75) is 13.0 Å². The second-order valence-electron chi connectivity index (χ2n) is 6.84. The Bertz CT molecular complexity index is 1110. The van der Waals surface area contributed by atoms with Gasteiger partial charge in [0.1, 0.15) is 6.42 Å². The molecule has 0 aliphatic rings. The third kappa shape index (κ3) is 6.28. The molecule has 7 nitrogen and oxygen atoms in total. The number of ether oxygens (including phenoxy) is 1. The molecule has 0 saturated carbocycles. The van der Waals surface area contributed by atoms with E-state index in [1.54, 1.807) is 11.0 Å². The topological polar surface area (TPSA) is 99.5 Å². The molecule has 3 aromatic rings. The van der Waals surface area contributed by atoms with Crippen molar-refractivity contribution in [1.82, 2.24) is 0 Å². The second kappa shape index (κ2) is 11.1. The highest BCUT2D eigenvalue weighted by molar-refractivity contribution is 5.97. The standard InChI is InChI=1S/C25H21N3O4/c26-16-15-23(29)27-21-13-11-20(12-14-21)25(31)32-18-24(30)28(22-9-5-2-6-10-22)17-19-7-3-1-4-8-19/h1-14H,15,17-18H2,(H,27,29). The number of nitrogens with one attached hydrogen (secondary N) is 1. The third-order valence-corrected chi connectivity index (χ3v) is 4.52. The van der Waals surface area contributed by atoms with Crippen molar-refractivity contribution in [1.29, 1.82) is 5.26 Å².